The Balaban J connectivity index is 1.77. The van der Waals surface area contributed by atoms with Crippen molar-refractivity contribution in [3.05, 3.63) is 11.3 Å². The minimum atomic E-state index is 0.111. The van der Waals surface area contributed by atoms with Crippen LogP contribution in [-0.2, 0) is 11.3 Å². The minimum Gasteiger partial charge on any atom is -0.336 e. The number of aromatic nitrogens is 3. The second-order valence-electron chi connectivity index (χ2n) is 5.40. The molecular weight excluding hydrogens is 288 g/mol. The van der Waals surface area contributed by atoms with Gasteiger partial charge in [0.25, 0.3) is 5.91 Å². The van der Waals surface area contributed by atoms with Gasteiger partial charge in [0.05, 0.1) is 12.1 Å². The zero-order valence-electron chi connectivity index (χ0n) is 12.6. The van der Waals surface area contributed by atoms with Crippen LogP contribution in [0.25, 0.3) is 0 Å². The summed E-state index contributed by atoms with van der Waals surface area (Å²) in [7, 11) is 2.08. The third-order valence-corrected chi connectivity index (χ3v) is 4.48. The second kappa shape index (κ2) is 5.69. The Morgan fingerprint density at radius 3 is 2.67 bits per heavy atom. The monoisotopic (exact) mass is 308 g/mol. The molecule has 1 N–H and O–H groups in total. The predicted molar refractivity (Wildman–Crippen MR) is 82.2 cm³/mol. The molecule has 1 saturated heterocycles. The molecule has 0 aliphatic carbocycles. The van der Waals surface area contributed by atoms with E-state index in [1.165, 1.54) is 11.8 Å². The molecule has 0 aromatic carbocycles. The summed E-state index contributed by atoms with van der Waals surface area (Å²) in [5.41, 5.74) is 1.66. The van der Waals surface area contributed by atoms with Crippen LogP contribution in [0.5, 0.6) is 0 Å². The van der Waals surface area contributed by atoms with Crippen molar-refractivity contribution in [3.63, 3.8) is 0 Å². The van der Waals surface area contributed by atoms with Crippen molar-refractivity contribution in [3.8, 4) is 0 Å². The first kappa shape index (κ1) is 14.4. The van der Waals surface area contributed by atoms with Gasteiger partial charge in [-0.2, -0.15) is 4.98 Å². The number of hydrogen-bond acceptors (Lipinski definition) is 6. The fourth-order valence-corrected chi connectivity index (χ4v) is 2.91. The lowest BCUT2D eigenvalue weighted by Crippen LogP contribution is -2.48. The highest BCUT2D eigenvalue weighted by Gasteiger charge is 2.28. The van der Waals surface area contributed by atoms with E-state index < -0.39 is 0 Å². The van der Waals surface area contributed by atoms with Gasteiger partial charge >= 0.3 is 0 Å². The molecule has 0 saturated carbocycles. The van der Waals surface area contributed by atoms with Gasteiger partial charge in [0.15, 0.2) is 0 Å². The number of fused-ring (bicyclic) bond motifs is 1. The first-order valence-corrected chi connectivity index (χ1v) is 8.24. The molecule has 21 heavy (non-hydrogen) atoms. The van der Waals surface area contributed by atoms with Crippen LogP contribution in [0.2, 0.25) is 0 Å². The summed E-state index contributed by atoms with van der Waals surface area (Å²) in [5.74, 6) is 0.826. The standard InChI is InChI=1S/C13H20N6OS/c1-9-10(11(20)18-6-4-17(2)5-7-18)8-19-12(14-9)15-13(16-19)21-3/h4-8H2,1-3H3,(H,14,15,16). The number of nitrogens with zero attached hydrogens (tertiary/aromatic N) is 5. The fourth-order valence-electron chi connectivity index (χ4n) is 2.55. The Labute approximate surface area is 128 Å². The molecule has 0 bridgehead atoms. The Bertz CT molecular complexity index is 587. The number of likely N-dealkylation sites (N-methyl/N-ethyl adjacent to an activating group) is 1. The maximum Gasteiger partial charge on any atom is 0.253 e. The summed E-state index contributed by atoms with van der Waals surface area (Å²) in [6, 6.07) is 0. The van der Waals surface area contributed by atoms with Gasteiger partial charge in [-0.25, -0.2) is 4.68 Å². The molecule has 7 nitrogen and oxygen atoms in total. The highest BCUT2D eigenvalue weighted by molar-refractivity contribution is 7.98. The number of allylic oxidation sites excluding steroid dienone is 1. The Hall–Kier alpha value is -1.54. The van der Waals surface area contributed by atoms with Gasteiger partial charge in [-0.15, -0.1) is 5.10 Å². The number of hydrogen-bond donors (Lipinski definition) is 1. The number of nitrogens with one attached hydrogen (secondary N) is 1. The largest absolute Gasteiger partial charge is 0.336 e. The topological polar surface area (TPSA) is 66.3 Å². The highest BCUT2D eigenvalue weighted by Crippen LogP contribution is 2.23. The van der Waals surface area contributed by atoms with Crippen molar-refractivity contribution in [1.29, 1.82) is 0 Å². The summed E-state index contributed by atoms with van der Waals surface area (Å²) >= 11 is 1.50. The third-order valence-electron chi connectivity index (χ3n) is 3.94. The Morgan fingerprint density at radius 1 is 1.29 bits per heavy atom. The van der Waals surface area contributed by atoms with Gasteiger partial charge in [-0.1, -0.05) is 11.8 Å². The summed E-state index contributed by atoms with van der Waals surface area (Å²) in [4.78, 5) is 21.2. The normalized spacial score (nSPS) is 19.5. The number of thioether (sulfide) groups is 1. The van der Waals surface area contributed by atoms with Crippen molar-refractivity contribution >= 4 is 23.6 Å². The number of rotatable bonds is 2. The molecule has 114 valence electrons. The van der Waals surface area contributed by atoms with Crippen LogP contribution in [-0.4, -0.2) is 70.0 Å². The molecule has 2 aliphatic rings. The predicted octanol–water partition coefficient (Wildman–Crippen LogP) is 0.473. The van der Waals surface area contributed by atoms with E-state index in [9.17, 15) is 4.79 Å². The van der Waals surface area contributed by atoms with Crippen LogP contribution in [0.4, 0.5) is 5.95 Å². The lowest BCUT2D eigenvalue weighted by molar-refractivity contribution is -0.129. The van der Waals surface area contributed by atoms with Crippen molar-refractivity contribution < 1.29 is 4.79 Å². The molecule has 0 radical (unpaired) electrons. The van der Waals surface area contributed by atoms with Gasteiger partial charge in [-0.05, 0) is 20.2 Å². The number of anilines is 1. The molecule has 2 aliphatic heterocycles. The van der Waals surface area contributed by atoms with Crippen molar-refractivity contribution in [2.75, 3.05) is 44.8 Å². The lowest BCUT2D eigenvalue weighted by atomic mass is 10.1. The van der Waals surface area contributed by atoms with E-state index in [-0.39, 0.29) is 5.91 Å². The molecule has 8 heteroatoms. The Kier molecular flexibility index (Phi) is 3.90. The molecule has 3 rings (SSSR count). The van der Waals surface area contributed by atoms with Crippen LogP contribution in [0.15, 0.2) is 16.4 Å². The molecule has 0 spiro atoms. The van der Waals surface area contributed by atoms with Crippen LogP contribution >= 0.6 is 11.8 Å². The SMILES string of the molecule is CSc1nc2n(n1)CC(C(=O)N1CCN(C)CC1)=C(C)N2. The maximum atomic E-state index is 12.7. The molecule has 0 unspecified atom stereocenters. The fraction of sp³-hybridized carbons (Fsp3) is 0.615. The van der Waals surface area contributed by atoms with E-state index in [1.54, 1.807) is 4.68 Å². The molecule has 1 aromatic heterocycles. The first-order valence-electron chi connectivity index (χ1n) is 7.02. The zero-order valence-corrected chi connectivity index (χ0v) is 13.4. The van der Waals surface area contributed by atoms with Gasteiger partial charge in [0.1, 0.15) is 0 Å². The Morgan fingerprint density at radius 2 is 2.00 bits per heavy atom. The number of piperazine rings is 1. The average Bonchev–Trinajstić information content (AvgIpc) is 2.88. The molecular formula is C13H20N6OS. The van der Waals surface area contributed by atoms with Gasteiger partial charge in [-0.3, -0.25) is 4.79 Å². The van der Waals surface area contributed by atoms with Crippen LogP contribution in [0.3, 0.4) is 0 Å². The second-order valence-corrected chi connectivity index (χ2v) is 6.18. The lowest BCUT2D eigenvalue weighted by Gasteiger charge is -2.34. The molecule has 1 amide bonds. The number of carbonyl (C=O) groups is 1. The maximum absolute atomic E-state index is 12.7. The van der Waals surface area contributed by atoms with Gasteiger partial charge in [0, 0.05) is 31.9 Å². The highest BCUT2D eigenvalue weighted by atomic mass is 32.2. The summed E-state index contributed by atoms with van der Waals surface area (Å²) < 4.78 is 1.77. The molecule has 1 aromatic rings. The smallest absolute Gasteiger partial charge is 0.253 e. The third kappa shape index (κ3) is 2.77. The number of carbonyl (C=O) groups excluding carboxylic acids is 1. The van der Waals surface area contributed by atoms with E-state index in [2.05, 4.69) is 27.3 Å². The van der Waals surface area contributed by atoms with Crippen molar-refractivity contribution in [1.82, 2.24) is 24.6 Å². The van der Waals surface area contributed by atoms with Crippen LogP contribution < -0.4 is 5.32 Å². The number of amides is 1. The van der Waals surface area contributed by atoms with E-state index in [4.69, 9.17) is 0 Å². The average molecular weight is 308 g/mol. The zero-order chi connectivity index (χ0) is 15.0. The molecule has 0 atom stereocenters. The van der Waals surface area contributed by atoms with Crippen molar-refractivity contribution in [2.24, 2.45) is 0 Å². The summed E-state index contributed by atoms with van der Waals surface area (Å²) in [5, 5.41) is 8.30. The quantitative estimate of drug-likeness (QED) is 0.802. The van der Waals surface area contributed by atoms with E-state index >= 15 is 0 Å². The summed E-state index contributed by atoms with van der Waals surface area (Å²) in [6.07, 6.45) is 1.94. The molecule has 3 heterocycles. The van der Waals surface area contributed by atoms with Crippen molar-refractivity contribution in [2.45, 2.75) is 18.6 Å². The van der Waals surface area contributed by atoms with Gasteiger partial charge < -0.3 is 15.1 Å². The molecule has 1 fully saturated rings. The van der Waals surface area contributed by atoms with Crippen LogP contribution in [0, 0.1) is 0 Å². The van der Waals surface area contributed by atoms with E-state index in [1.807, 2.05) is 18.1 Å². The van der Waals surface area contributed by atoms with Crippen LogP contribution in [0.1, 0.15) is 6.92 Å². The van der Waals surface area contributed by atoms with E-state index in [0.29, 0.717) is 12.5 Å². The van der Waals surface area contributed by atoms with Gasteiger partial charge in [0.2, 0.25) is 11.1 Å². The minimum absolute atomic E-state index is 0.111. The summed E-state index contributed by atoms with van der Waals surface area (Å²) in [6.45, 7) is 5.85. The van der Waals surface area contributed by atoms with E-state index in [0.717, 1.165) is 42.6 Å². The first-order chi connectivity index (χ1) is 10.1.